The number of rotatable bonds is 4. The average Bonchev–Trinajstić information content (AvgIpc) is 2.44. The number of carboxylic acids is 1. The monoisotopic (exact) mass is 343 g/mol. The van der Waals surface area contributed by atoms with E-state index in [1.54, 1.807) is 18.2 Å². The molecule has 2 rings (SSSR count). The Morgan fingerprint density at radius 2 is 1.95 bits per heavy atom. The number of aromatic nitrogens is 1. The van der Waals surface area contributed by atoms with Crippen LogP contribution in [0.15, 0.2) is 35.4 Å². The minimum absolute atomic E-state index is 0.0877. The Morgan fingerprint density at radius 3 is 2.67 bits per heavy atom. The molecule has 0 aliphatic heterocycles. The van der Waals surface area contributed by atoms with Crippen molar-refractivity contribution in [2.75, 3.05) is 5.43 Å². The van der Waals surface area contributed by atoms with Crippen LogP contribution in [0.5, 0.6) is 0 Å². The van der Waals surface area contributed by atoms with Crippen LogP contribution in [0, 0.1) is 0 Å². The molecule has 108 valence electrons. The zero-order valence-electron chi connectivity index (χ0n) is 10.3. The fourth-order valence-corrected chi connectivity index (χ4v) is 2.03. The second kappa shape index (κ2) is 6.76. The van der Waals surface area contributed by atoms with E-state index in [4.69, 9.17) is 39.9 Å². The summed E-state index contributed by atoms with van der Waals surface area (Å²) < 4.78 is 0. The largest absolute Gasteiger partial charge is 0.478 e. The lowest BCUT2D eigenvalue weighted by Crippen LogP contribution is -2.02. The van der Waals surface area contributed by atoms with Crippen molar-refractivity contribution in [2.45, 2.75) is 0 Å². The number of anilines is 1. The lowest BCUT2D eigenvalue weighted by molar-refractivity contribution is 0.0697. The highest BCUT2D eigenvalue weighted by molar-refractivity contribution is 6.42. The molecule has 21 heavy (non-hydrogen) atoms. The van der Waals surface area contributed by atoms with E-state index in [0.717, 1.165) is 0 Å². The van der Waals surface area contributed by atoms with E-state index < -0.39 is 5.97 Å². The van der Waals surface area contributed by atoms with Gasteiger partial charge in [-0.1, -0.05) is 53.0 Å². The van der Waals surface area contributed by atoms with Crippen LogP contribution in [0.2, 0.25) is 15.2 Å². The van der Waals surface area contributed by atoms with Crippen LogP contribution < -0.4 is 5.43 Å². The van der Waals surface area contributed by atoms with Crippen molar-refractivity contribution < 1.29 is 9.90 Å². The van der Waals surface area contributed by atoms with E-state index in [-0.39, 0.29) is 26.6 Å². The molecule has 2 N–H and O–H groups in total. The fraction of sp³-hybridized carbons (Fsp3) is 0. The molecule has 1 aromatic heterocycles. The van der Waals surface area contributed by atoms with Crippen molar-refractivity contribution in [2.24, 2.45) is 5.10 Å². The third-order valence-electron chi connectivity index (χ3n) is 2.45. The van der Waals surface area contributed by atoms with Crippen LogP contribution in [0.1, 0.15) is 15.9 Å². The zero-order chi connectivity index (χ0) is 15.4. The molecule has 0 atom stereocenters. The predicted molar refractivity (Wildman–Crippen MR) is 83.9 cm³/mol. The highest BCUT2D eigenvalue weighted by atomic mass is 35.5. The topological polar surface area (TPSA) is 74.6 Å². The van der Waals surface area contributed by atoms with Gasteiger partial charge in [-0.3, -0.25) is 5.43 Å². The predicted octanol–water partition coefficient (Wildman–Crippen LogP) is 4.19. The van der Waals surface area contributed by atoms with Gasteiger partial charge < -0.3 is 5.11 Å². The smallest absolute Gasteiger partial charge is 0.336 e. The SMILES string of the molecule is O=C(O)c1ccccc1C=NNc1nc(Cl)c(Cl)cc1Cl. The Kier molecular flexibility index (Phi) is 5.01. The minimum Gasteiger partial charge on any atom is -0.478 e. The van der Waals surface area contributed by atoms with Crippen molar-refractivity contribution in [3.63, 3.8) is 0 Å². The first-order valence-corrected chi connectivity index (χ1v) is 6.75. The molecule has 0 aliphatic carbocycles. The molecule has 0 saturated carbocycles. The molecule has 1 heterocycles. The number of carbonyl (C=O) groups is 1. The van der Waals surface area contributed by atoms with Crippen molar-refractivity contribution in [3.05, 3.63) is 56.7 Å². The summed E-state index contributed by atoms with van der Waals surface area (Å²) in [5.41, 5.74) is 3.16. The lowest BCUT2D eigenvalue weighted by atomic mass is 10.1. The summed E-state index contributed by atoms with van der Waals surface area (Å²) >= 11 is 17.5. The van der Waals surface area contributed by atoms with E-state index in [9.17, 15) is 4.79 Å². The third kappa shape index (κ3) is 3.85. The number of hydrogen-bond donors (Lipinski definition) is 2. The maximum absolute atomic E-state index is 11.0. The van der Waals surface area contributed by atoms with Crippen LogP contribution >= 0.6 is 34.8 Å². The number of halogens is 3. The standard InChI is InChI=1S/C13H8Cl3N3O2/c14-9-5-10(15)12(18-11(9)16)19-17-6-7-3-1-2-4-8(7)13(20)21/h1-6H,(H,18,19)(H,20,21). The Labute approximate surface area is 135 Å². The van der Waals surface area contributed by atoms with Crippen LogP contribution in [-0.4, -0.2) is 22.3 Å². The summed E-state index contributed by atoms with van der Waals surface area (Å²) in [5, 5.41) is 13.5. The molecule has 8 heteroatoms. The quantitative estimate of drug-likeness (QED) is 0.495. The molecular formula is C13H8Cl3N3O2. The molecule has 0 spiro atoms. The van der Waals surface area contributed by atoms with Gasteiger partial charge in [-0.25, -0.2) is 9.78 Å². The van der Waals surface area contributed by atoms with E-state index in [0.29, 0.717) is 5.56 Å². The maximum Gasteiger partial charge on any atom is 0.336 e. The van der Waals surface area contributed by atoms with E-state index in [1.807, 2.05) is 0 Å². The van der Waals surface area contributed by atoms with Gasteiger partial charge in [0.25, 0.3) is 0 Å². The first kappa shape index (κ1) is 15.6. The number of hydrazone groups is 1. The summed E-state index contributed by atoms with van der Waals surface area (Å²) in [6.07, 6.45) is 1.35. The molecule has 2 aromatic rings. The summed E-state index contributed by atoms with van der Waals surface area (Å²) in [6, 6.07) is 7.87. The number of carboxylic acid groups (broad SMARTS) is 1. The molecule has 0 aliphatic rings. The summed E-state index contributed by atoms with van der Waals surface area (Å²) in [6.45, 7) is 0. The first-order valence-electron chi connectivity index (χ1n) is 5.62. The molecule has 1 aromatic carbocycles. The van der Waals surface area contributed by atoms with Gasteiger partial charge in [0.2, 0.25) is 0 Å². The van der Waals surface area contributed by atoms with Gasteiger partial charge in [0.15, 0.2) is 5.82 Å². The molecule has 0 fully saturated rings. The van der Waals surface area contributed by atoms with Gasteiger partial charge in [-0.15, -0.1) is 0 Å². The number of pyridine rings is 1. The van der Waals surface area contributed by atoms with Crippen molar-refractivity contribution in [1.29, 1.82) is 0 Å². The zero-order valence-corrected chi connectivity index (χ0v) is 12.6. The number of hydrogen-bond acceptors (Lipinski definition) is 4. The molecule has 0 saturated heterocycles. The van der Waals surface area contributed by atoms with Gasteiger partial charge in [0, 0.05) is 5.56 Å². The minimum atomic E-state index is -1.04. The molecule has 5 nitrogen and oxygen atoms in total. The van der Waals surface area contributed by atoms with E-state index in [2.05, 4.69) is 15.5 Å². The van der Waals surface area contributed by atoms with Gasteiger partial charge in [0.05, 0.1) is 21.8 Å². The van der Waals surface area contributed by atoms with E-state index in [1.165, 1.54) is 18.3 Å². The number of benzene rings is 1. The van der Waals surface area contributed by atoms with Crippen LogP contribution in [0.4, 0.5) is 5.82 Å². The lowest BCUT2D eigenvalue weighted by Gasteiger charge is -2.04. The average molecular weight is 345 g/mol. The Hall–Kier alpha value is -1.82. The van der Waals surface area contributed by atoms with Crippen molar-refractivity contribution in [1.82, 2.24) is 4.98 Å². The second-order valence-electron chi connectivity index (χ2n) is 3.85. The summed E-state index contributed by atoms with van der Waals surface area (Å²) in [4.78, 5) is 15.0. The van der Waals surface area contributed by atoms with Gasteiger partial charge in [-0.2, -0.15) is 5.10 Å². The molecule has 0 amide bonds. The second-order valence-corrected chi connectivity index (χ2v) is 5.03. The van der Waals surface area contributed by atoms with Crippen molar-refractivity contribution >= 4 is 52.8 Å². The van der Waals surface area contributed by atoms with E-state index >= 15 is 0 Å². The normalized spacial score (nSPS) is 10.8. The Morgan fingerprint density at radius 1 is 1.24 bits per heavy atom. The number of nitrogens with zero attached hydrogens (tertiary/aromatic N) is 2. The Balaban J connectivity index is 2.21. The van der Waals surface area contributed by atoms with Crippen LogP contribution in [0.25, 0.3) is 0 Å². The molecule has 0 bridgehead atoms. The summed E-state index contributed by atoms with van der Waals surface area (Å²) in [5.74, 6) is -0.821. The van der Waals surface area contributed by atoms with Gasteiger partial charge in [-0.05, 0) is 12.1 Å². The molecular weight excluding hydrogens is 337 g/mol. The van der Waals surface area contributed by atoms with Crippen LogP contribution in [0.3, 0.4) is 0 Å². The Bertz CT molecular complexity index is 720. The number of aromatic carboxylic acids is 1. The third-order valence-corrected chi connectivity index (χ3v) is 3.41. The fourth-order valence-electron chi connectivity index (χ4n) is 1.49. The van der Waals surface area contributed by atoms with Gasteiger partial charge in [0.1, 0.15) is 5.15 Å². The summed E-state index contributed by atoms with van der Waals surface area (Å²) in [7, 11) is 0. The highest BCUT2D eigenvalue weighted by Gasteiger charge is 2.08. The number of nitrogens with one attached hydrogen (secondary N) is 1. The maximum atomic E-state index is 11.0. The van der Waals surface area contributed by atoms with Crippen molar-refractivity contribution in [3.8, 4) is 0 Å². The first-order chi connectivity index (χ1) is 9.99. The highest BCUT2D eigenvalue weighted by Crippen LogP contribution is 2.28. The molecule has 0 radical (unpaired) electrons. The van der Waals surface area contributed by atoms with Crippen LogP contribution in [-0.2, 0) is 0 Å². The molecule has 0 unspecified atom stereocenters. The van der Waals surface area contributed by atoms with Gasteiger partial charge >= 0.3 is 5.97 Å².